The van der Waals surface area contributed by atoms with Crippen LogP contribution in [-0.2, 0) is 4.79 Å². The number of ketones is 1. The Balaban J connectivity index is 1.45. The van der Waals surface area contributed by atoms with E-state index in [1.807, 2.05) is 0 Å². The van der Waals surface area contributed by atoms with Gasteiger partial charge in [-0.3, -0.25) is 4.79 Å². The molecule has 5 fully saturated rings. The van der Waals surface area contributed by atoms with Gasteiger partial charge in [-0.05, 0) is 98.7 Å². The molecule has 0 aliphatic heterocycles. The Morgan fingerprint density at radius 3 is 2.61 bits per heavy atom. The highest BCUT2D eigenvalue weighted by atomic mass is 16.3. The molecule has 0 bridgehead atoms. The van der Waals surface area contributed by atoms with Crippen molar-refractivity contribution in [3.63, 3.8) is 0 Å². The molecule has 0 amide bonds. The van der Waals surface area contributed by atoms with E-state index in [1.54, 1.807) is 0 Å². The predicted molar refractivity (Wildman–Crippen MR) is 89.8 cm³/mol. The monoisotopic (exact) mass is 316 g/mol. The molecule has 0 saturated heterocycles. The maximum absolute atomic E-state index is 11.9. The first kappa shape index (κ1) is 14.9. The van der Waals surface area contributed by atoms with Crippen molar-refractivity contribution in [2.24, 2.45) is 40.4 Å². The van der Waals surface area contributed by atoms with Crippen LogP contribution in [0.2, 0.25) is 0 Å². The summed E-state index contributed by atoms with van der Waals surface area (Å²) in [5, 5.41) is 10.6. The zero-order valence-corrected chi connectivity index (χ0v) is 14.8. The van der Waals surface area contributed by atoms with Gasteiger partial charge in [0.15, 0.2) is 0 Å². The maximum atomic E-state index is 11.9. The molecule has 5 saturated carbocycles. The van der Waals surface area contributed by atoms with E-state index in [2.05, 4.69) is 13.8 Å². The Morgan fingerprint density at radius 1 is 1.00 bits per heavy atom. The van der Waals surface area contributed by atoms with Gasteiger partial charge in [-0.15, -0.1) is 0 Å². The van der Waals surface area contributed by atoms with Crippen molar-refractivity contribution < 1.29 is 9.90 Å². The average Bonchev–Trinajstić information content (AvgIpc) is 2.82. The van der Waals surface area contributed by atoms with Crippen LogP contribution in [0.4, 0.5) is 0 Å². The van der Waals surface area contributed by atoms with Crippen LogP contribution in [0.5, 0.6) is 0 Å². The summed E-state index contributed by atoms with van der Waals surface area (Å²) in [5.74, 6) is 4.39. The van der Waals surface area contributed by atoms with E-state index in [-0.39, 0.29) is 5.60 Å². The molecule has 128 valence electrons. The molecule has 23 heavy (non-hydrogen) atoms. The molecule has 8 atom stereocenters. The summed E-state index contributed by atoms with van der Waals surface area (Å²) in [7, 11) is 0. The first-order chi connectivity index (χ1) is 10.9. The number of Topliss-reactive ketones (excluding diaryl/α,β-unsaturated/α-hetero) is 1. The quantitative estimate of drug-likeness (QED) is 0.721. The Morgan fingerprint density at radius 2 is 1.83 bits per heavy atom. The smallest absolute Gasteiger partial charge is 0.133 e. The van der Waals surface area contributed by atoms with Gasteiger partial charge in [0.1, 0.15) is 5.78 Å². The Hall–Kier alpha value is -0.370. The molecule has 5 aliphatic rings. The topological polar surface area (TPSA) is 37.3 Å². The summed E-state index contributed by atoms with van der Waals surface area (Å²) in [6, 6.07) is 0. The average molecular weight is 316 g/mol. The van der Waals surface area contributed by atoms with Crippen molar-refractivity contribution in [1.29, 1.82) is 0 Å². The fourth-order valence-corrected chi connectivity index (χ4v) is 8.79. The molecule has 2 heteroatoms. The molecular weight excluding hydrogens is 284 g/mol. The van der Waals surface area contributed by atoms with Crippen LogP contribution in [0.25, 0.3) is 0 Å². The van der Waals surface area contributed by atoms with E-state index < -0.39 is 0 Å². The van der Waals surface area contributed by atoms with Gasteiger partial charge in [0.2, 0.25) is 0 Å². The number of hydrogen-bond donors (Lipinski definition) is 1. The Labute approximate surface area is 140 Å². The summed E-state index contributed by atoms with van der Waals surface area (Å²) in [5.41, 5.74) is 0.557. The van der Waals surface area contributed by atoms with Crippen molar-refractivity contribution >= 4 is 5.78 Å². The molecule has 0 aromatic heterocycles. The highest BCUT2D eigenvalue weighted by molar-refractivity contribution is 5.79. The van der Waals surface area contributed by atoms with Crippen molar-refractivity contribution in [1.82, 2.24) is 0 Å². The van der Waals surface area contributed by atoms with Crippen LogP contribution >= 0.6 is 0 Å². The van der Waals surface area contributed by atoms with Crippen LogP contribution in [0.15, 0.2) is 0 Å². The minimum absolute atomic E-state index is 0.375. The van der Waals surface area contributed by atoms with Gasteiger partial charge in [0.25, 0.3) is 0 Å². The van der Waals surface area contributed by atoms with E-state index in [4.69, 9.17) is 0 Å². The molecule has 5 rings (SSSR count). The van der Waals surface area contributed by atoms with Gasteiger partial charge in [0, 0.05) is 12.8 Å². The van der Waals surface area contributed by atoms with Crippen molar-refractivity contribution in [2.45, 2.75) is 83.7 Å². The third kappa shape index (κ3) is 1.72. The van der Waals surface area contributed by atoms with Gasteiger partial charge in [-0.1, -0.05) is 6.92 Å². The summed E-state index contributed by atoms with van der Waals surface area (Å²) in [6.45, 7) is 4.62. The summed E-state index contributed by atoms with van der Waals surface area (Å²) < 4.78 is 0. The van der Waals surface area contributed by atoms with Crippen LogP contribution in [0.3, 0.4) is 0 Å². The second kappa shape index (κ2) is 4.42. The van der Waals surface area contributed by atoms with Crippen LogP contribution in [0.1, 0.15) is 78.1 Å². The van der Waals surface area contributed by atoms with Gasteiger partial charge in [-0.25, -0.2) is 0 Å². The summed E-state index contributed by atoms with van der Waals surface area (Å²) >= 11 is 0. The second-order valence-electron chi connectivity index (χ2n) is 10.3. The molecule has 0 radical (unpaired) electrons. The summed E-state index contributed by atoms with van der Waals surface area (Å²) in [4.78, 5) is 11.9. The number of carbonyl (C=O) groups excluding carboxylic acids is 1. The standard InChI is InChI=1S/C21H32O2/c1-19-9-7-14(22)11-13(19)3-4-15-16(19)8-10-21-12-20(2,23)18(21)6-5-17(15)21/h13,15-18,23H,3-12H2,1-2H3/t13?,15?,16?,17?,18?,19?,20-,21?/m1/s1. The maximum Gasteiger partial charge on any atom is 0.133 e. The van der Waals surface area contributed by atoms with Crippen LogP contribution in [0, 0.1) is 40.4 Å². The van der Waals surface area contributed by atoms with E-state index >= 15 is 0 Å². The van der Waals surface area contributed by atoms with Crippen LogP contribution < -0.4 is 0 Å². The predicted octanol–water partition coefficient (Wildman–Crippen LogP) is 4.35. The fourth-order valence-electron chi connectivity index (χ4n) is 8.79. The Kier molecular flexibility index (Phi) is 2.87. The second-order valence-corrected chi connectivity index (χ2v) is 10.3. The normalized spacial score (nSPS) is 61.0. The van der Waals surface area contributed by atoms with Crippen molar-refractivity contribution in [3.8, 4) is 0 Å². The number of fused-ring (bicyclic) bond motifs is 4. The summed E-state index contributed by atoms with van der Waals surface area (Å²) in [6.07, 6.45) is 11.9. The third-order valence-corrected chi connectivity index (χ3v) is 9.64. The minimum Gasteiger partial charge on any atom is -0.390 e. The van der Waals surface area contributed by atoms with Gasteiger partial charge >= 0.3 is 0 Å². The van der Waals surface area contributed by atoms with Crippen molar-refractivity contribution in [2.75, 3.05) is 0 Å². The molecular formula is C21H32O2. The lowest BCUT2D eigenvalue weighted by molar-refractivity contribution is -0.223. The molecule has 1 spiro atoms. The fraction of sp³-hybridized carbons (Fsp3) is 0.952. The third-order valence-electron chi connectivity index (χ3n) is 9.64. The minimum atomic E-state index is -0.375. The van der Waals surface area contributed by atoms with E-state index in [1.165, 1.54) is 38.5 Å². The van der Waals surface area contributed by atoms with Crippen molar-refractivity contribution in [3.05, 3.63) is 0 Å². The van der Waals surface area contributed by atoms with E-state index in [9.17, 15) is 9.90 Å². The zero-order valence-electron chi connectivity index (χ0n) is 14.8. The number of rotatable bonds is 0. The highest BCUT2D eigenvalue weighted by Gasteiger charge is 2.70. The molecule has 0 heterocycles. The largest absolute Gasteiger partial charge is 0.390 e. The molecule has 0 aromatic rings. The van der Waals surface area contributed by atoms with Crippen LogP contribution in [-0.4, -0.2) is 16.5 Å². The number of carbonyl (C=O) groups is 1. The lowest BCUT2D eigenvalue weighted by Gasteiger charge is -2.66. The van der Waals surface area contributed by atoms with E-state index in [0.29, 0.717) is 28.4 Å². The molecule has 2 nitrogen and oxygen atoms in total. The SMILES string of the molecule is CC12CCC(=O)CC1CCC1C2CCC23C[C@@](C)(O)C2CCC13. The highest BCUT2D eigenvalue weighted by Crippen LogP contribution is 2.74. The number of aliphatic hydroxyl groups is 1. The molecule has 7 unspecified atom stereocenters. The first-order valence-electron chi connectivity index (χ1n) is 10.1. The first-order valence-corrected chi connectivity index (χ1v) is 10.1. The van der Waals surface area contributed by atoms with Gasteiger partial charge < -0.3 is 5.11 Å². The Bertz CT molecular complexity index is 552. The van der Waals surface area contributed by atoms with E-state index in [0.717, 1.165) is 43.4 Å². The lowest BCUT2D eigenvalue weighted by atomic mass is 9.39. The molecule has 1 N–H and O–H groups in total. The number of hydrogen-bond acceptors (Lipinski definition) is 2. The molecule has 5 aliphatic carbocycles. The lowest BCUT2D eigenvalue weighted by Crippen LogP contribution is -2.63. The zero-order chi connectivity index (χ0) is 16.0. The molecule has 0 aromatic carbocycles. The van der Waals surface area contributed by atoms with Gasteiger partial charge in [-0.2, -0.15) is 0 Å². The van der Waals surface area contributed by atoms with Gasteiger partial charge in [0.05, 0.1) is 5.60 Å².